The second-order valence-corrected chi connectivity index (χ2v) is 5.49. The third-order valence-corrected chi connectivity index (χ3v) is 3.70. The standard InChI is InChI=1S/C14H17N3OS/c1-10-3-5-11(6-4-10)13(15)14(18)17(2)9-12-16-7-8-19-12/h3-8,13H,9,15H2,1-2H3. The van der Waals surface area contributed by atoms with Crippen LogP contribution in [0.25, 0.3) is 0 Å². The third-order valence-electron chi connectivity index (χ3n) is 2.93. The molecule has 2 rings (SSSR count). The number of aromatic nitrogens is 1. The molecule has 0 saturated heterocycles. The van der Waals surface area contributed by atoms with Gasteiger partial charge in [0.05, 0.1) is 6.54 Å². The van der Waals surface area contributed by atoms with Gasteiger partial charge in [-0.25, -0.2) is 4.98 Å². The van der Waals surface area contributed by atoms with Crippen molar-refractivity contribution >= 4 is 17.2 Å². The number of hydrogen-bond donors (Lipinski definition) is 1. The fraction of sp³-hybridized carbons (Fsp3) is 0.286. The fourth-order valence-corrected chi connectivity index (χ4v) is 2.43. The highest BCUT2D eigenvalue weighted by molar-refractivity contribution is 7.09. The molecule has 0 aliphatic carbocycles. The first kappa shape index (κ1) is 13.7. The Morgan fingerprint density at radius 1 is 1.42 bits per heavy atom. The van der Waals surface area contributed by atoms with E-state index in [1.165, 1.54) is 11.3 Å². The topological polar surface area (TPSA) is 59.2 Å². The van der Waals surface area contributed by atoms with Crippen LogP contribution < -0.4 is 5.73 Å². The fourth-order valence-electron chi connectivity index (χ4n) is 1.77. The number of thiazole rings is 1. The molecular weight excluding hydrogens is 258 g/mol. The highest BCUT2D eigenvalue weighted by Crippen LogP contribution is 2.15. The molecule has 19 heavy (non-hydrogen) atoms. The van der Waals surface area contributed by atoms with Crippen LogP contribution in [-0.2, 0) is 11.3 Å². The predicted molar refractivity (Wildman–Crippen MR) is 76.7 cm³/mol. The summed E-state index contributed by atoms with van der Waals surface area (Å²) in [5.74, 6) is -0.0981. The smallest absolute Gasteiger partial charge is 0.244 e. The van der Waals surface area contributed by atoms with E-state index in [2.05, 4.69) is 4.98 Å². The van der Waals surface area contributed by atoms with Crippen LogP contribution in [0, 0.1) is 6.92 Å². The van der Waals surface area contributed by atoms with Crippen LogP contribution in [0.3, 0.4) is 0 Å². The summed E-state index contributed by atoms with van der Waals surface area (Å²) < 4.78 is 0. The summed E-state index contributed by atoms with van der Waals surface area (Å²) in [6, 6.07) is 7.10. The summed E-state index contributed by atoms with van der Waals surface area (Å²) in [6.07, 6.45) is 1.73. The molecule has 0 aliphatic heterocycles. The van der Waals surface area contributed by atoms with Gasteiger partial charge in [0.1, 0.15) is 11.0 Å². The van der Waals surface area contributed by atoms with Gasteiger partial charge >= 0.3 is 0 Å². The van der Waals surface area contributed by atoms with Gasteiger partial charge in [-0.1, -0.05) is 29.8 Å². The van der Waals surface area contributed by atoms with Crippen molar-refractivity contribution in [3.8, 4) is 0 Å². The number of nitrogens with zero attached hydrogens (tertiary/aromatic N) is 2. The zero-order valence-electron chi connectivity index (χ0n) is 11.0. The first-order valence-electron chi connectivity index (χ1n) is 6.03. The Morgan fingerprint density at radius 3 is 2.68 bits per heavy atom. The van der Waals surface area contributed by atoms with Crippen molar-refractivity contribution in [2.45, 2.75) is 19.5 Å². The lowest BCUT2D eigenvalue weighted by Crippen LogP contribution is -2.35. The van der Waals surface area contributed by atoms with E-state index in [9.17, 15) is 4.79 Å². The molecule has 1 amide bonds. The van der Waals surface area contributed by atoms with Gasteiger partial charge < -0.3 is 10.6 Å². The van der Waals surface area contributed by atoms with Gasteiger partial charge in [0.25, 0.3) is 0 Å². The van der Waals surface area contributed by atoms with E-state index < -0.39 is 6.04 Å². The molecule has 0 bridgehead atoms. The largest absolute Gasteiger partial charge is 0.337 e. The molecule has 0 spiro atoms. The van der Waals surface area contributed by atoms with E-state index in [-0.39, 0.29) is 5.91 Å². The number of amides is 1. The van der Waals surface area contributed by atoms with Gasteiger partial charge in [0.2, 0.25) is 5.91 Å². The lowest BCUT2D eigenvalue weighted by atomic mass is 10.1. The van der Waals surface area contributed by atoms with Gasteiger partial charge in [-0.15, -0.1) is 11.3 Å². The molecule has 5 heteroatoms. The monoisotopic (exact) mass is 275 g/mol. The quantitative estimate of drug-likeness (QED) is 0.929. The Bertz CT molecular complexity index is 536. The van der Waals surface area contributed by atoms with Gasteiger partial charge in [0, 0.05) is 18.6 Å². The maximum Gasteiger partial charge on any atom is 0.244 e. The number of aryl methyl sites for hydroxylation is 1. The molecule has 0 fully saturated rings. The Kier molecular flexibility index (Phi) is 4.29. The SMILES string of the molecule is Cc1ccc(C(N)C(=O)N(C)Cc2nccs2)cc1. The maximum absolute atomic E-state index is 12.2. The minimum absolute atomic E-state index is 0.0981. The Morgan fingerprint density at radius 2 is 2.11 bits per heavy atom. The number of likely N-dealkylation sites (N-methyl/N-ethyl adjacent to an activating group) is 1. The first-order chi connectivity index (χ1) is 9.08. The van der Waals surface area contributed by atoms with Crippen LogP contribution in [0.5, 0.6) is 0 Å². The molecule has 1 heterocycles. The Balaban J connectivity index is 2.04. The molecule has 0 aliphatic rings. The van der Waals surface area contributed by atoms with Gasteiger partial charge in [-0.2, -0.15) is 0 Å². The summed E-state index contributed by atoms with van der Waals surface area (Å²) in [5.41, 5.74) is 8.00. The lowest BCUT2D eigenvalue weighted by molar-refractivity contribution is -0.131. The van der Waals surface area contributed by atoms with Gasteiger partial charge in [-0.05, 0) is 12.5 Å². The molecule has 1 unspecified atom stereocenters. The molecule has 100 valence electrons. The second-order valence-electron chi connectivity index (χ2n) is 4.51. The maximum atomic E-state index is 12.2. The highest BCUT2D eigenvalue weighted by Gasteiger charge is 2.20. The zero-order chi connectivity index (χ0) is 13.8. The van der Waals surface area contributed by atoms with Crippen LogP contribution in [0.15, 0.2) is 35.8 Å². The summed E-state index contributed by atoms with van der Waals surface area (Å²) in [6.45, 7) is 2.50. The van der Waals surface area contributed by atoms with Crippen LogP contribution in [-0.4, -0.2) is 22.8 Å². The number of nitrogens with two attached hydrogens (primary N) is 1. The van der Waals surface area contributed by atoms with Crippen molar-refractivity contribution in [1.29, 1.82) is 0 Å². The number of hydrogen-bond acceptors (Lipinski definition) is 4. The molecule has 1 aromatic heterocycles. The number of carbonyl (C=O) groups is 1. The summed E-state index contributed by atoms with van der Waals surface area (Å²) in [4.78, 5) is 18.0. The Labute approximate surface area is 116 Å². The number of carbonyl (C=O) groups excluding carboxylic acids is 1. The Hall–Kier alpha value is -1.72. The molecule has 2 aromatic rings. The van der Waals surface area contributed by atoms with Crippen molar-refractivity contribution < 1.29 is 4.79 Å². The molecule has 1 aromatic carbocycles. The van der Waals surface area contributed by atoms with Crippen LogP contribution >= 0.6 is 11.3 Å². The van der Waals surface area contributed by atoms with E-state index in [0.29, 0.717) is 6.54 Å². The predicted octanol–water partition coefficient (Wildman–Crippen LogP) is 2.11. The van der Waals surface area contributed by atoms with E-state index in [0.717, 1.165) is 16.1 Å². The molecule has 0 saturated carbocycles. The minimum atomic E-state index is -0.620. The van der Waals surface area contributed by atoms with E-state index in [4.69, 9.17) is 5.73 Å². The van der Waals surface area contributed by atoms with Gasteiger partial charge in [-0.3, -0.25) is 4.79 Å². The average Bonchev–Trinajstić information content (AvgIpc) is 2.90. The normalized spacial score (nSPS) is 12.2. The van der Waals surface area contributed by atoms with Crippen LogP contribution in [0.4, 0.5) is 0 Å². The van der Waals surface area contributed by atoms with E-state index in [1.807, 2.05) is 36.6 Å². The molecule has 4 nitrogen and oxygen atoms in total. The average molecular weight is 275 g/mol. The first-order valence-corrected chi connectivity index (χ1v) is 6.91. The van der Waals surface area contributed by atoms with E-state index in [1.54, 1.807) is 18.1 Å². The van der Waals surface area contributed by atoms with E-state index >= 15 is 0 Å². The minimum Gasteiger partial charge on any atom is -0.337 e. The summed E-state index contributed by atoms with van der Waals surface area (Å²) in [7, 11) is 1.75. The lowest BCUT2D eigenvalue weighted by Gasteiger charge is -2.20. The van der Waals surface area contributed by atoms with Crippen LogP contribution in [0.1, 0.15) is 22.2 Å². The van der Waals surface area contributed by atoms with Crippen molar-refractivity contribution in [2.75, 3.05) is 7.05 Å². The third kappa shape index (κ3) is 3.39. The van der Waals surface area contributed by atoms with Crippen LogP contribution in [0.2, 0.25) is 0 Å². The highest BCUT2D eigenvalue weighted by atomic mass is 32.1. The number of rotatable bonds is 4. The molecule has 0 radical (unpaired) electrons. The van der Waals surface area contributed by atoms with Crippen molar-refractivity contribution in [1.82, 2.24) is 9.88 Å². The van der Waals surface area contributed by atoms with Gasteiger partial charge in [0.15, 0.2) is 0 Å². The van der Waals surface area contributed by atoms with Crippen molar-refractivity contribution in [3.63, 3.8) is 0 Å². The molecule has 2 N–H and O–H groups in total. The van der Waals surface area contributed by atoms with Crippen molar-refractivity contribution in [3.05, 3.63) is 52.0 Å². The summed E-state index contributed by atoms with van der Waals surface area (Å²) >= 11 is 1.53. The molecule has 1 atom stereocenters. The summed E-state index contributed by atoms with van der Waals surface area (Å²) in [5, 5.41) is 2.81. The second kappa shape index (κ2) is 5.95. The van der Waals surface area contributed by atoms with Crippen molar-refractivity contribution in [2.24, 2.45) is 5.73 Å². The zero-order valence-corrected chi connectivity index (χ0v) is 11.9. The number of benzene rings is 1. The molecular formula is C14H17N3OS.